The van der Waals surface area contributed by atoms with Gasteiger partial charge in [-0.25, -0.2) is 13.1 Å². The van der Waals surface area contributed by atoms with E-state index in [2.05, 4.69) is 4.72 Å². The Kier molecular flexibility index (Phi) is 6.57. The molecule has 0 bridgehead atoms. The average Bonchev–Trinajstić information content (AvgIpc) is 2.95. The highest BCUT2D eigenvalue weighted by Crippen LogP contribution is 2.24. The molecule has 0 spiro atoms. The lowest BCUT2D eigenvalue weighted by atomic mass is 10.2. The van der Waals surface area contributed by atoms with Gasteiger partial charge in [0, 0.05) is 11.6 Å². The van der Waals surface area contributed by atoms with Crippen molar-refractivity contribution in [2.75, 3.05) is 27.2 Å². The van der Waals surface area contributed by atoms with Crippen LogP contribution in [-0.2, 0) is 16.6 Å². The largest absolute Gasteiger partial charge is 0.309 e. The SMILES string of the molecule is CN(C)CCCNS(=O)(=O)c1ccc2c(c1)sc(=O)n2Cc1ccccc1Cl. The average molecular weight is 440 g/mol. The molecule has 1 N–H and O–H groups in total. The van der Waals surface area contributed by atoms with Crippen LogP contribution in [-0.4, -0.2) is 45.1 Å². The molecule has 0 aliphatic heterocycles. The van der Waals surface area contributed by atoms with Gasteiger partial charge in [0.2, 0.25) is 10.0 Å². The molecule has 0 unspecified atom stereocenters. The molecule has 2 aromatic carbocycles. The second kappa shape index (κ2) is 8.75. The van der Waals surface area contributed by atoms with Crippen molar-refractivity contribution in [2.24, 2.45) is 0 Å². The highest BCUT2D eigenvalue weighted by atomic mass is 35.5. The molecule has 0 saturated carbocycles. The Morgan fingerprint density at radius 1 is 1.18 bits per heavy atom. The molecule has 0 fully saturated rings. The minimum absolute atomic E-state index is 0.150. The van der Waals surface area contributed by atoms with E-state index in [9.17, 15) is 13.2 Å². The van der Waals surface area contributed by atoms with Gasteiger partial charge in [0.15, 0.2) is 0 Å². The summed E-state index contributed by atoms with van der Waals surface area (Å²) in [6.45, 7) is 1.50. The maximum absolute atomic E-state index is 12.5. The van der Waals surface area contributed by atoms with E-state index in [0.29, 0.717) is 28.3 Å². The van der Waals surface area contributed by atoms with Gasteiger partial charge in [0.25, 0.3) is 0 Å². The van der Waals surface area contributed by atoms with Gasteiger partial charge in [-0.2, -0.15) is 0 Å². The molecule has 1 heterocycles. The highest BCUT2D eigenvalue weighted by Gasteiger charge is 2.17. The molecule has 1 aromatic heterocycles. The number of thiazole rings is 1. The van der Waals surface area contributed by atoms with Gasteiger partial charge in [0.05, 0.1) is 21.7 Å². The second-order valence-corrected chi connectivity index (χ2v) is 9.90. The molecule has 3 rings (SSSR count). The Labute approximate surface area is 173 Å². The lowest BCUT2D eigenvalue weighted by Crippen LogP contribution is -2.27. The Hall–Kier alpha value is -1.71. The molecule has 0 aliphatic rings. The predicted molar refractivity (Wildman–Crippen MR) is 115 cm³/mol. The zero-order chi connectivity index (χ0) is 20.3. The normalized spacial score (nSPS) is 12.1. The van der Waals surface area contributed by atoms with Crippen LogP contribution in [0.3, 0.4) is 0 Å². The lowest BCUT2D eigenvalue weighted by molar-refractivity contribution is 0.400. The fraction of sp³-hybridized carbons (Fsp3) is 0.316. The van der Waals surface area contributed by atoms with Crippen LogP contribution in [0, 0.1) is 0 Å². The highest BCUT2D eigenvalue weighted by molar-refractivity contribution is 7.89. The van der Waals surface area contributed by atoms with Gasteiger partial charge >= 0.3 is 4.87 Å². The Bertz CT molecular complexity index is 1140. The van der Waals surface area contributed by atoms with Gasteiger partial charge in [-0.1, -0.05) is 41.1 Å². The maximum atomic E-state index is 12.5. The number of benzene rings is 2. The lowest BCUT2D eigenvalue weighted by Gasteiger charge is -2.10. The molecule has 0 atom stereocenters. The van der Waals surface area contributed by atoms with Crippen LogP contribution in [0.4, 0.5) is 0 Å². The van der Waals surface area contributed by atoms with E-state index in [-0.39, 0.29) is 9.77 Å². The number of aromatic nitrogens is 1. The summed E-state index contributed by atoms with van der Waals surface area (Å²) in [5.41, 5.74) is 1.53. The Morgan fingerprint density at radius 3 is 2.64 bits per heavy atom. The fourth-order valence-corrected chi connectivity index (χ4v) is 5.15. The van der Waals surface area contributed by atoms with Crippen molar-refractivity contribution in [1.29, 1.82) is 0 Å². The van der Waals surface area contributed by atoms with Crippen molar-refractivity contribution in [3.05, 3.63) is 62.7 Å². The topological polar surface area (TPSA) is 71.4 Å². The van der Waals surface area contributed by atoms with Crippen molar-refractivity contribution in [3.63, 3.8) is 0 Å². The van der Waals surface area contributed by atoms with Crippen LogP contribution in [0.5, 0.6) is 0 Å². The summed E-state index contributed by atoms with van der Waals surface area (Å²) >= 11 is 7.24. The number of hydrogen-bond donors (Lipinski definition) is 1. The summed E-state index contributed by atoms with van der Waals surface area (Å²) in [6, 6.07) is 12.1. The molecule has 0 saturated heterocycles. The number of rotatable bonds is 8. The third-order valence-electron chi connectivity index (χ3n) is 4.31. The van der Waals surface area contributed by atoms with Crippen molar-refractivity contribution in [3.8, 4) is 0 Å². The number of hydrogen-bond acceptors (Lipinski definition) is 5. The summed E-state index contributed by atoms with van der Waals surface area (Å²) in [5, 5.41) is 0.592. The molecule has 6 nitrogen and oxygen atoms in total. The van der Waals surface area contributed by atoms with Crippen LogP contribution >= 0.6 is 22.9 Å². The standard InChI is InChI=1S/C19H22ClN3O3S2/c1-22(2)11-5-10-21-28(25,26)15-8-9-17-18(12-15)27-19(24)23(17)13-14-6-3-4-7-16(14)20/h3-4,6-9,12,21H,5,10-11,13H2,1-2H3. The van der Waals surface area contributed by atoms with Crippen LogP contribution in [0.1, 0.15) is 12.0 Å². The van der Waals surface area contributed by atoms with E-state index in [1.165, 1.54) is 6.07 Å². The molecular weight excluding hydrogens is 418 g/mol. The monoisotopic (exact) mass is 439 g/mol. The van der Waals surface area contributed by atoms with Crippen LogP contribution in [0.15, 0.2) is 52.2 Å². The Morgan fingerprint density at radius 2 is 1.93 bits per heavy atom. The Balaban J connectivity index is 1.85. The molecule has 0 amide bonds. The quantitative estimate of drug-likeness (QED) is 0.548. The van der Waals surface area contributed by atoms with E-state index >= 15 is 0 Å². The van der Waals surface area contributed by atoms with Crippen molar-refractivity contribution in [1.82, 2.24) is 14.2 Å². The first-order chi connectivity index (χ1) is 13.3. The summed E-state index contributed by atoms with van der Waals surface area (Å²) in [4.78, 5) is 14.5. The fourth-order valence-electron chi connectivity index (χ4n) is 2.85. The smallest absolute Gasteiger partial charge is 0.308 e. The van der Waals surface area contributed by atoms with E-state index in [0.717, 1.165) is 29.9 Å². The third-order valence-corrected chi connectivity index (χ3v) is 7.08. The van der Waals surface area contributed by atoms with Gasteiger partial charge in [-0.15, -0.1) is 0 Å². The minimum Gasteiger partial charge on any atom is -0.309 e. The van der Waals surface area contributed by atoms with Crippen LogP contribution in [0.2, 0.25) is 5.02 Å². The van der Waals surface area contributed by atoms with Gasteiger partial charge in [-0.05, 0) is 56.9 Å². The minimum atomic E-state index is -3.61. The first-order valence-corrected chi connectivity index (χ1v) is 11.5. The van der Waals surface area contributed by atoms with Gasteiger partial charge in [0.1, 0.15) is 0 Å². The van der Waals surface area contributed by atoms with E-state index in [1.807, 2.05) is 37.2 Å². The molecule has 150 valence electrons. The van der Waals surface area contributed by atoms with Crippen molar-refractivity contribution in [2.45, 2.75) is 17.9 Å². The van der Waals surface area contributed by atoms with Crippen molar-refractivity contribution < 1.29 is 8.42 Å². The third kappa shape index (κ3) is 4.82. The number of nitrogens with one attached hydrogen (secondary N) is 1. The molecule has 0 radical (unpaired) electrons. The van der Waals surface area contributed by atoms with Crippen molar-refractivity contribution >= 4 is 43.2 Å². The first kappa shape index (κ1) is 21.0. The molecule has 9 heteroatoms. The molecule has 28 heavy (non-hydrogen) atoms. The molecule has 0 aliphatic carbocycles. The molecule has 3 aromatic rings. The second-order valence-electron chi connectivity index (χ2n) is 6.73. The van der Waals surface area contributed by atoms with Gasteiger partial charge < -0.3 is 4.90 Å². The first-order valence-electron chi connectivity index (χ1n) is 8.79. The number of sulfonamides is 1. The van der Waals surface area contributed by atoms with Gasteiger partial charge in [-0.3, -0.25) is 9.36 Å². The zero-order valence-electron chi connectivity index (χ0n) is 15.7. The van der Waals surface area contributed by atoms with Crippen LogP contribution < -0.4 is 9.60 Å². The van der Waals surface area contributed by atoms with E-state index in [1.54, 1.807) is 22.8 Å². The summed E-state index contributed by atoms with van der Waals surface area (Å²) in [7, 11) is 0.271. The molecular formula is C19H22ClN3O3S2. The summed E-state index contributed by atoms with van der Waals surface area (Å²) in [6.07, 6.45) is 0.718. The summed E-state index contributed by atoms with van der Waals surface area (Å²) in [5.74, 6) is 0. The van der Waals surface area contributed by atoms with E-state index in [4.69, 9.17) is 11.6 Å². The zero-order valence-corrected chi connectivity index (χ0v) is 18.1. The van der Waals surface area contributed by atoms with E-state index < -0.39 is 10.0 Å². The summed E-state index contributed by atoms with van der Waals surface area (Å²) < 4.78 is 29.9. The maximum Gasteiger partial charge on any atom is 0.308 e. The number of halogens is 1. The number of nitrogens with zero attached hydrogens (tertiary/aromatic N) is 2. The number of fused-ring (bicyclic) bond motifs is 1. The van der Waals surface area contributed by atoms with Crippen LogP contribution in [0.25, 0.3) is 10.2 Å². The predicted octanol–water partition coefficient (Wildman–Crippen LogP) is 2.99.